The number of carbonyl (C=O) groups excluding carboxylic acids is 2. The lowest BCUT2D eigenvalue weighted by atomic mass is 10.0. The molecular formula is C15H20N2O3S2. The van der Waals surface area contributed by atoms with E-state index in [9.17, 15) is 14.7 Å². The summed E-state index contributed by atoms with van der Waals surface area (Å²) in [6.45, 7) is 0. The van der Waals surface area contributed by atoms with Crippen molar-refractivity contribution in [1.82, 2.24) is 9.80 Å². The predicted molar refractivity (Wildman–Crippen MR) is 90.9 cm³/mol. The molecule has 0 saturated carbocycles. The zero-order chi connectivity index (χ0) is 16.5. The van der Waals surface area contributed by atoms with Gasteiger partial charge in [0, 0.05) is 20.5 Å². The maximum atomic E-state index is 12.9. The first-order valence-corrected chi connectivity index (χ1v) is 9.29. The molecule has 0 bridgehead atoms. The van der Waals surface area contributed by atoms with Crippen LogP contribution in [0.25, 0.3) is 0 Å². The van der Waals surface area contributed by atoms with Crippen molar-refractivity contribution in [2.45, 2.75) is 16.7 Å². The van der Waals surface area contributed by atoms with Gasteiger partial charge in [0.05, 0.1) is 0 Å². The molecule has 0 spiro atoms. The first-order chi connectivity index (χ1) is 10.4. The summed E-state index contributed by atoms with van der Waals surface area (Å²) < 4.78 is 0. The highest BCUT2D eigenvalue weighted by Crippen LogP contribution is 2.38. The average Bonchev–Trinajstić information content (AvgIpc) is 2.52. The van der Waals surface area contributed by atoms with Crippen LogP contribution >= 0.6 is 23.5 Å². The molecule has 1 aliphatic rings. The number of phenols is 1. The second kappa shape index (κ2) is 6.42. The van der Waals surface area contributed by atoms with Gasteiger partial charge in [-0.05, 0) is 30.2 Å². The van der Waals surface area contributed by atoms with Crippen LogP contribution in [0.5, 0.6) is 5.75 Å². The van der Waals surface area contributed by atoms with Crippen LogP contribution < -0.4 is 0 Å². The molecule has 22 heavy (non-hydrogen) atoms. The van der Waals surface area contributed by atoms with Crippen LogP contribution in [0.4, 0.5) is 0 Å². The first-order valence-electron chi connectivity index (χ1n) is 6.78. The Hall–Kier alpha value is -1.34. The van der Waals surface area contributed by atoms with Crippen molar-refractivity contribution in [3.63, 3.8) is 0 Å². The van der Waals surface area contributed by atoms with E-state index in [0.717, 1.165) is 5.56 Å². The Morgan fingerprint density at radius 1 is 1.18 bits per heavy atom. The van der Waals surface area contributed by atoms with Gasteiger partial charge in [0.2, 0.25) is 0 Å². The number of hydrogen-bond acceptors (Lipinski definition) is 5. The number of thioether (sulfide) groups is 2. The molecule has 1 aromatic rings. The van der Waals surface area contributed by atoms with E-state index in [2.05, 4.69) is 0 Å². The largest absolute Gasteiger partial charge is 0.508 e. The summed E-state index contributed by atoms with van der Waals surface area (Å²) in [5, 5.41) is 8.92. The molecular weight excluding hydrogens is 320 g/mol. The lowest BCUT2D eigenvalue weighted by molar-refractivity contribution is -0.156. The Morgan fingerprint density at radius 2 is 1.77 bits per heavy atom. The molecule has 7 heteroatoms. The van der Waals surface area contributed by atoms with Crippen molar-refractivity contribution in [2.75, 3.05) is 26.6 Å². The summed E-state index contributed by atoms with van der Waals surface area (Å²) in [6, 6.07) is 6.74. The van der Waals surface area contributed by atoms with E-state index in [0.29, 0.717) is 6.42 Å². The standard InChI is InChI=1S/C15H20N2O3S2/c1-16-13(21-3)12(19)17(2)15(22-4,14(16)20)9-10-5-7-11(18)8-6-10/h5-8,13,18H,9H2,1-4H3/t13-,15-/m1/s1. The summed E-state index contributed by atoms with van der Waals surface area (Å²) in [4.78, 5) is 27.7. The average molecular weight is 340 g/mol. The number of carbonyl (C=O) groups is 2. The SMILES string of the molecule is CS[C@@H]1C(=O)N(C)[C@](Cc2ccc(O)cc2)(SC)C(=O)N1C. The van der Waals surface area contributed by atoms with Gasteiger partial charge in [-0.2, -0.15) is 0 Å². The van der Waals surface area contributed by atoms with E-state index < -0.39 is 10.2 Å². The Kier molecular flexibility index (Phi) is 4.97. The fraction of sp³-hybridized carbons (Fsp3) is 0.467. The number of likely N-dealkylation sites (N-methyl/N-ethyl adjacent to an activating group) is 2. The summed E-state index contributed by atoms with van der Waals surface area (Å²) in [5.74, 6) is 0.0400. The van der Waals surface area contributed by atoms with Gasteiger partial charge in [-0.25, -0.2) is 0 Å². The van der Waals surface area contributed by atoms with Crippen molar-refractivity contribution in [2.24, 2.45) is 0 Å². The molecule has 5 nitrogen and oxygen atoms in total. The van der Waals surface area contributed by atoms with Crippen LogP contribution in [0.2, 0.25) is 0 Å². The second-order valence-corrected chi connectivity index (χ2v) is 7.23. The number of rotatable bonds is 4. The molecule has 0 unspecified atom stereocenters. The fourth-order valence-corrected chi connectivity index (χ4v) is 4.44. The van der Waals surface area contributed by atoms with Gasteiger partial charge in [-0.1, -0.05) is 12.1 Å². The smallest absolute Gasteiger partial charge is 0.260 e. The highest BCUT2D eigenvalue weighted by molar-refractivity contribution is 8.01. The summed E-state index contributed by atoms with van der Waals surface area (Å²) in [7, 11) is 3.36. The van der Waals surface area contributed by atoms with Crippen molar-refractivity contribution >= 4 is 35.3 Å². The zero-order valence-corrected chi connectivity index (χ0v) is 14.7. The number of amides is 2. The van der Waals surface area contributed by atoms with Crippen LogP contribution in [-0.4, -0.2) is 63.6 Å². The number of nitrogens with zero attached hydrogens (tertiary/aromatic N) is 2. The third-order valence-electron chi connectivity index (χ3n) is 4.03. The number of phenolic OH excluding ortho intramolecular Hbond substituents is 1. The molecule has 1 heterocycles. The van der Waals surface area contributed by atoms with Gasteiger partial charge in [-0.15, -0.1) is 23.5 Å². The molecule has 2 atom stereocenters. The Morgan fingerprint density at radius 3 is 2.27 bits per heavy atom. The van der Waals surface area contributed by atoms with E-state index >= 15 is 0 Å². The van der Waals surface area contributed by atoms with Crippen LogP contribution in [-0.2, 0) is 16.0 Å². The Labute approximate surface area is 139 Å². The third kappa shape index (κ3) is 2.67. The van der Waals surface area contributed by atoms with E-state index in [4.69, 9.17) is 0 Å². The van der Waals surface area contributed by atoms with Crippen LogP contribution in [0.1, 0.15) is 5.56 Å². The van der Waals surface area contributed by atoms with Crippen molar-refractivity contribution in [3.05, 3.63) is 29.8 Å². The monoisotopic (exact) mass is 340 g/mol. The Bertz CT molecular complexity index is 579. The van der Waals surface area contributed by atoms with Gasteiger partial charge < -0.3 is 14.9 Å². The maximum absolute atomic E-state index is 12.9. The number of hydrogen-bond donors (Lipinski definition) is 1. The van der Waals surface area contributed by atoms with Gasteiger partial charge in [0.25, 0.3) is 11.8 Å². The lowest BCUT2D eigenvalue weighted by Gasteiger charge is -2.48. The molecule has 0 aromatic heterocycles. The first kappa shape index (κ1) is 17.0. The molecule has 2 rings (SSSR count). The van der Waals surface area contributed by atoms with Crippen molar-refractivity contribution in [1.29, 1.82) is 0 Å². The number of aromatic hydroxyl groups is 1. The molecule has 1 aliphatic heterocycles. The quantitative estimate of drug-likeness (QED) is 0.902. The number of piperazine rings is 1. The van der Waals surface area contributed by atoms with E-state index in [1.54, 1.807) is 43.3 Å². The van der Waals surface area contributed by atoms with Gasteiger partial charge in [-0.3, -0.25) is 9.59 Å². The van der Waals surface area contributed by atoms with E-state index in [-0.39, 0.29) is 17.6 Å². The van der Waals surface area contributed by atoms with Crippen molar-refractivity contribution in [3.8, 4) is 5.75 Å². The van der Waals surface area contributed by atoms with Gasteiger partial charge in [0.1, 0.15) is 5.75 Å². The minimum atomic E-state index is -0.949. The number of benzene rings is 1. The summed E-state index contributed by atoms with van der Waals surface area (Å²) in [6.07, 6.45) is 4.07. The van der Waals surface area contributed by atoms with Gasteiger partial charge in [0.15, 0.2) is 10.2 Å². The highest BCUT2D eigenvalue weighted by atomic mass is 32.2. The molecule has 1 saturated heterocycles. The fourth-order valence-electron chi connectivity index (χ4n) is 2.67. The molecule has 1 N–H and O–H groups in total. The molecule has 0 aliphatic carbocycles. The Balaban J connectivity index is 2.40. The normalized spacial score (nSPS) is 25.7. The minimum Gasteiger partial charge on any atom is -0.508 e. The highest BCUT2D eigenvalue weighted by Gasteiger charge is 2.53. The molecule has 2 amide bonds. The molecule has 1 aromatic carbocycles. The third-order valence-corrected chi connectivity index (χ3v) is 6.26. The lowest BCUT2D eigenvalue weighted by Crippen LogP contribution is -2.68. The zero-order valence-electron chi connectivity index (χ0n) is 13.1. The minimum absolute atomic E-state index is 0.0669. The van der Waals surface area contributed by atoms with Crippen LogP contribution in [0, 0.1) is 0 Å². The maximum Gasteiger partial charge on any atom is 0.260 e. The molecule has 1 fully saturated rings. The summed E-state index contributed by atoms with van der Waals surface area (Å²) >= 11 is 2.73. The molecule has 0 radical (unpaired) electrons. The van der Waals surface area contributed by atoms with Crippen LogP contribution in [0.15, 0.2) is 24.3 Å². The topological polar surface area (TPSA) is 60.9 Å². The van der Waals surface area contributed by atoms with Crippen molar-refractivity contribution < 1.29 is 14.7 Å². The van der Waals surface area contributed by atoms with E-state index in [1.807, 2.05) is 12.5 Å². The predicted octanol–water partition coefficient (Wildman–Crippen LogP) is 1.61. The second-order valence-electron chi connectivity index (χ2n) is 5.23. The molecule has 120 valence electrons. The van der Waals surface area contributed by atoms with E-state index in [1.165, 1.54) is 28.4 Å². The summed E-state index contributed by atoms with van der Waals surface area (Å²) in [5.41, 5.74) is 0.899. The van der Waals surface area contributed by atoms with Gasteiger partial charge >= 0.3 is 0 Å². The van der Waals surface area contributed by atoms with Crippen LogP contribution in [0.3, 0.4) is 0 Å².